The van der Waals surface area contributed by atoms with Gasteiger partial charge >= 0.3 is 0 Å². The van der Waals surface area contributed by atoms with Crippen molar-refractivity contribution in [3.63, 3.8) is 0 Å². The number of hydrogen-bond donors (Lipinski definition) is 0. The van der Waals surface area contributed by atoms with Crippen LogP contribution in [0.15, 0.2) is 24.3 Å². The zero-order valence-corrected chi connectivity index (χ0v) is 20.4. The van der Waals surface area contributed by atoms with Gasteiger partial charge in [-0.1, -0.05) is 31.9 Å². The van der Waals surface area contributed by atoms with E-state index < -0.39 is 0 Å². The molecule has 2 heterocycles. The van der Waals surface area contributed by atoms with Crippen molar-refractivity contribution in [2.75, 3.05) is 9.80 Å². The Balaban J connectivity index is 1.17. The molecule has 1 aromatic carbocycles. The number of imide groups is 2. The molecule has 6 nitrogen and oxygen atoms in total. The van der Waals surface area contributed by atoms with E-state index in [4.69, 9.17) is 0 Å². The summed E-state index contributed by atoms with van der Waals surface area (Å²) in [5, 5.41) is 0. The molecule has 6 fully saturated rings. The van der Waals surface area contributed by atoms with Gasteiger partial charge in [0.05, 0.1) is 35.0 Å². The number of carbonyl (C=O) groups is 4. The maximum Gasteiger partial charge on any atom is 0.238 e. The van der Waals surface area contributed by atoms with E-state index in [1.54, 1.807) is 24.3 Å². The predicted octanol–water partition coefficient (Wildman–Crippen LogP) is 3.50. The molecule has 4 saturated carbocycles. The predicted molar refractivity (Wildman–Crippen MR) is 123 cm³/mol. The maximum atomic E-state index is 13.2. The average Bonchev–Trinajstić information content (AvgIpc) is 3.59. The van der Waals surface area contributed by atoms with Crippen molar-refractivity contribution in [3.8, 4) is 0 Å². The first-order valence-electron chi connectivity index (χ1n) is 11.5. The number of anilines is 2. The van der Waals surface area contributed by atoms with Crippen molar-refractivity contribution in [1.82, 2.24) is 0 Å². The van der Waals surface area contributed by atoms with Crippen LogP contribution in [0.5, 0.6) is 0 Å². The van der Waals surface area contributed by atoms with Gasteiger partial charge in [-0.15, -0.1) is 0 Å². The molecule has 0 spiro atoms. The van der Waals surface area contributed by atoms with Crippen LogP contribution in [0.25, 0.3) is 0 Å². The van der Waals surface area contributed by atoms with Gasteiger partial charge in [0, 0.05) is 9.65 Å². The summed E-state index contributed by atoms with van der Waals surface area (Å²) in [6, 6.07) is 6.82. The highest BCUT2D eigenvalue weighted by Gasteiger charge is 2.66. The van der Waals surface area contributed by atoms with Gasteiger partial charge in [-0.2, -0.15) is 0 Å². The Kier molecular flexibility index (Phi) is 4.06. The van der Waals surface area contributed by atoms with Crippen LogP contribution in [0.1, 0.15) is 25.7 Å². The molecule has 7 rings (SSSR count). The number of hydrogen-bond acceptors (Lipinski definition) is 4. The van der Waals surface area contributed by atoms with Crippen LogP contribution in [0, 0.1) is 47.3 Å². The second-order valence-electron chi connectivity index (χ2n) is 10.4. The summed E-state index contributed by atoms with van der Waals surface area (Å²) >= 11 is 7.43. The Morgan fingerprint density at radius 2 is 0.969 bits per heavy atom. The summed E-state index contributed by atoms with van der Waals surface area (Å²) in [5.74, 6) is -0.213. The standard InChI is InChI=1S/C24H22Br2N2O4/c25-19-13-8-14(20(19)26)18-17(13)23(31)28(24(18)32)12-5-3-11(4-6-12)27-21(29)15-9-1-2-10(7-9)16(15)22(27)30/h3-6,9-10,13-20H,1-2,7-8H2/t9-,10-,13+,14+,15-,16+,17-,18+,19-,20+/m0/s1. The average molecular weight is 562 g/mol. The highest BCUT2D eigenvalue weighted by molar-refractivity contribution is 9.12. The fourth-order valence-electron chi connectivity index (χ4n) is 8.02. The van der Waals surface area contributed by atoms with E-state index in [1.165, 1.54) is 9.80 Å². The Hall–Kier alpha value is -1.54. The lowest BCUT2D eigenvalue weighted by molar-refractivity contribution is -0.124. The normalized spacial score (nSPS) is 46.1. The minimum atomic E-state index is -0.262. The molecule has 4 amide bonds. The summed E-state index contributed by atoms with van der Waals surface area (Å²) in [5.41, 5.74) is 1.06. The number of rotatable bonds is 2. The van der Waals surface area contributed by atoms with Crippen molar-refractivity contribution in [2.24, 2.45) is 47.3 Å². The van der Waals surface area contributed by atoms with Crippen LogP contribution in [-0.4, -0.2) is 33.3 Å². The first-order chi connectivity index (χ1) is 15.4. The zero-order chi connectivity index (χ0) is 22.0. The molecule has 2 aliphatic heterocycles. The highest BCUT2D eigenvalue weighted by Crippen LogP contribution is 2.61. The Labute approximate surface area is 202 Å². The molecule has 4 aliphatic carbocycles. The van der Waals surface area contributed by atoms with Gasteiger partial charge in [0.25, 0.3) is 0 Å². The second kappa shape index (κ2) is 6.53. The fourth-order valence-corrected chi connectivity index (χ4v) is 9.89. The van der Waals surface area contributed by atoms with Crippen LogP contribution >= 0.6 is 31.9 Å². The van der Waals surface area contributed by atoms with Crippen LogP contribution in [0.3, 0.4) is 0 Å². The monoisotopic (exact) mass is 560 g/mol. The number of nitrogens with zero attached hydrogens (tertiary/aromatic N) is 2. The number of benzene rings is 1. The van der Waals surface area contributed by atoms with Gasteiger partial charge < -0.3 is 0 Å². The maximum absolute atomic E-state index is 13.2. The van der Waals surface area contributed by atoms with Crippen LogP contribution in [-0.2, 0) is 19.2 Å². The van der Waals surface area contributed by atoms with Crippen LogP contribution < -0.4 is 9.80 Å². The third-order valence-electron chi connectivity index (χ3n) is 9.28. The molecule has 4 bridgehead atoms. The van der Waals surface area contributed by atoms with Crippen molar-refractivity contribution >= 4 is 66.9 Å². The first kappa shape index (κ1) is 19.9. The minimum Gasteiger partial charge on any atom is -0.274 e. The molecule has 1 aromatic rings. The van der Waals surface area contributed by atoms with Crippen molar-refractivity contribution in [1.29, 1.82) is 0 Å². The molecule has 2 saturated heterocycles. The molecule has 6 aliphatic rings. The molecule has 0 aromatic heterocycles. The van der Waals surface area contributed by atoms with Crippen molar-refractivity contribution in [3.05, 3.63) is 24.3 Å². The highest BCUT2D eigenvalue weighted by atomic mass is 79.9. The van der Waals surface area contributed by atoms with Gasteiger partial charge in [-0.05, 0) is 73.6 Å². The van der Waals surface area contributed by atoms with Gasteiger partial charge in [0.1, 0.15) is 0 Å². The fraction of sp³-hybridized carbons (Fsp3) is 0.583. The Bertz CT molecular complexity index is 1030. The molecule has 0 N–H and O–H groups in total. The summed E-state index contributed by atoms with van der Waals surface area (Å²) in [7, 11) is 0. The summed E-state index contributed by atoms with van der Waals surface area (Å²) in [6.07, 6.45) is 4.00. The Morgan fingerprint density at radius 1 is 0.594 bits per heavy atom. The minimum absolute atomic E-state index is 0.0777. The molecule has 0 unspecified atom stereocenters. The van der Waals surface area contributed by atoms with E-state index >= 15 is 0 Å². The SMILES string of the molecule is O=C1[C@@H]2[C@H]3CC[C@@H](C3)[C@@H]2C(=O)N1c1ccc(N2C(=O)[C@@H]3[C@H]4C[C@@H]([C@H](Br)[C@@H]4Br)[C@@H]3C2=O)cc1. The van der Waals surface area contributed by atoms with E-state index in [2.05, 4.69) is 31.9 Å². The second-order valence-corrected chi connectivity index (χ2v) is 12.5. The quantitative estimate of drug-likeness (QED) is 0.409. The zero-order valence-electron chi connectivity index (χ0n) is 17.2. The summed E-state index contributed by atoms with van der Waals surface area (Å²) in [6.45, 7) is 0. The molecular formula is C24H22Br2N2O4. The number of fused-ring (bicyclic) bond motifs is 10. The van der Waals surface area contributed by atoms with Gasteiger partial charge in [0.15, 0.2) is 0 Å². The van der Waals surface area contributed by atoms with Crippen molar-refractivity contribution in [2.45, 2.75) is 35.3 Å². The third kappa shape index (κ3) is 2.26. The molecule has 32 heavy (non-hydrogen) atoms. The van der Waals surface area contributed by atoms with Gasteiger partial charge in [0.2, 0.25) is 23.6 Å². The van der Waals surface area contributed by atoms with Crippen molar-refractivity contribution < 1.29 is 19.2 Å². The van der Waals surface area contributed by atoms with E-state index in [0.717, 1.165) is 25.7 Å². The summed E-state index contributed by atoms with van der Waals surface area (Å²) < 4.78 is 0. The molecule has 10 atom stereocenters. The number of halogens is 2. The lowest BCUT2D eigenvalue weighted by Gasteiger charge is -2.28. The smallest absolute Gasteiger partial charge is 0.238 e. The van der Waals surface area contributed by atoms with E-state index in [0.29, 0.717) is 23.2 Å². The van der Waals surface area contributed by atoms with Crippen LogP contribution in [0.2, 0.25) is 0 Å². The summed E-state index contributed by atoms with van der Waals surface area (Å²) in [4.78, 5) is 55.7. The number of alkyl halides is 2. The van der Waals surface area contributed by atoms with E-state index in [9.17, 15) is 19.2 Å². The van der Waals surface area contributed by atoms with E-state index in [-0.39, 0.29) is 68.8 Å². The van der Waals surface area contributed by atoms with E-state index in [1.807, 2.05) is 0 Å². The van der Waals surface area contributed by atoms with Gasteiger partial charge in [-0.25, -0.2) is 0 Å². The molecular weight excluding hydrogens is 540 g/mol. The van der Waals surface area contributed by atoms with Crippen LogP contribution in [0.4, 0.5) is 11.4 Å². The Morgan fingerprint density at radius 3 is 1.38 bits per heavy atom. The first-order valence-corrected chi connectivity index (χ1v) is 13.4. The molecule has 8 heteroatoms. The number of carbonyl (C=O) groups excluding carboxylic acids is 4. The largest absolute Gasteiger partial charge is 0.274 e. The third-order valence-corrected chi connectivity index (χ3v) is 12.5. The lowest BCUT2D eigenvalue weighted by atomic mass is 9.81. The molecule has 166 valence electrons. The topological polar surface area (TPSA) is 74.8 Å². The lowest BCUT2D eigenvalue weighted by Crippen LogP contribution is -2.37. The number of amides is 4. The van der Waals surface area contributed by atoms with Gasteiger partial charge in [-0.3, -0.25) is 29.0 Å². The molecule has 0 radical (unpaired) electrons.